The lowest BCUT2D eigenvalue weighted by molar-refractivity contribution is -0.00563. The molecule has 1 saturated heterocycles. The molecule has 3 rings (SSSR count). The first-order valence-corrected chi connectivity index (χ1v) is 8.94. The summed E-state index contributed by atoms with van der Waals surface area (Å²) >= 11 is 0. The Morgan fingerprint density at radius 2 is 1.50 bits per heavy atom. The molecule has 1 heterocycles. The first-order chi connectivity index (χ1) is 12.5. The van der Waals surface area contributed by atoms with Gasteiger partial charge in [0.15, 0.2) is 0 Å². The average Bonchev–Trinajstić information content (AvgIpc) is 2.66. The molecule has 0 amide bonds. The monoisotopic (exact) mass is 357 g/mol. The third kappa shape index (κ3) is 4.59. The molecule has 1 aliphatic heterocycles. The van der Waals surface area contributed by atoms with Gasteiger partial charge in [-0.25, -0.2) is 0 Å². The maximum absolute atomic E-state index is 6.09. The van der Waals surface area contributed by atoms with Crippen LogP contribution < -0.4 is 20.9 Å². The van der Waals surface area contributed by atoms with E-state index in [1.54, 1.807) is 18.2 Å². The lowest BCUT2D eigenvalue weighted by atomic mass is 10.1. The summed E-state index contributed by atoms with van der Waals surface area (Å²) in [5.41, 5.74) is 12.6. The van der Waals surface area contributed by atoms with Crippen molar-refractivity contribution in [2.45, 2.75) is 26.0 Å². The van der Waals surface area contributed by atoms with E-state index in [9.17, 15) is 0 Å². The van der Waals surface area contributed by atoms with E-state index in [4.69, 9.17) is 25.7 Å². The number of nitrogens with zero attached hydrogens (tertiary/aromatic N) is 1. The molecule has 2 unspecified atom stereocenters. The molecule has 1 aliphatic rings. The van der Waals surface area contributed by atoms with E-state index in [1.807, 2.05) is 24.3 Å². The van der Waals surface area contributed by atoms with Crippen molar-refractivity contribution in [3.8, 4) is 17.2 Å². The van der Waals surface area contributed by atoms with Crippen LogP contribution in [0.5, 0.6) is 17.2 Å². The third-order valence-corrected chi connectivity index (χ3v) is 4.74. The number of morpholine rings is 1. The van der Waals surface area contributed by atoms with Gasteiger partial charge < -0.3 is 25.7 Å². The predicted molar refractivity (Wildman–Crippen MR) is 104 cm³/mol. The summed E-state index contributed by atoms with van der Waals surface area (Å²) in [7, 11) is 0. The lowest BCUT2D eigenvalue weighted by Crippen LogP contribution is -2.48. The van der Waals surface area contributed by atoms with Gasteiger partial charge in [-0.15, -0.1) is 0 Å². The van der Waals surface area contributed by atoms with Gasteiger partial charge >= 0.3 is 0 Å². The molecular formula is C20H27N3O3. The Kier molecular flexibility index (Phi) is 5.85. The molecule has 1 fully saturated rings. The molecule has 6 heteroatoms. The largest absolute Gasteiger partial charge is 0.489 e. The van der Waals surface area contributed by atoms with Crippen molar-refractivity contribution >= 4 is 11.4 Å². The molecule has 0 aromatic heterocycles. The van der Waals surface area contributed by atoms with Gasteiger partial charge in [0, 0.05) is 25.2 Å². The molecule has 0 bridgehead atoms. The van der Waals surface area contributed by atoms with Gasteiger partial charge in [0.1, 0.15) is 23.4 Å². The Morgan fingerprint density at radius 3 is 2.15 bits per heavy atom. The minimum Gasteiger partial charge on any atom is -0.489 e. The SMILES string of the molecule is CC(Oc1ccc(Oc2ccc(N)c(N)c2)cc1)C(C)N1CCOCC1. The highest BCUT2D eigenvalue weighted by Crippen LogP contribution is 2.28. The normalized spacial score (nSPS) is 17.5. The van der Waals surface area contributed by atoms with Gasteiger partial charge in [-0.2, -0.15) is 0 Å². The smallest absolute Gasteiger partial charge is 0.129 e. The Balaban J connectivity index is 1.57. The van der Waals surface area contributed by atoms with Gasteiger partial charge in [-0.1, -0.05) is 0 Å². The first kappa shape index (κ1) is 18.4. The maximum atomic E-state index is 6.09. The van der Waals surface area contributed by atoms with E-state index in [1.165, 1.54) is 0 Å². The number of rotatable bonds is 6. The molecule has 26 heavy (non-hydrogen) atoms. The second-order valence-electron chi connectivity index (χ2n) is 6.58. The van der Waals surface area contributed by atoms with Gasteiger partial charge in [0.2, 0.25) is 0 Å². The van der Waals surface area contributed by atoms with Crippen molar-refractivity contribution in [2.75, 3.05) is 37.8 Å². The highest BCUT2D eigenvalue weighted by molar-refractivity contribution is 5.65. The molecule has 0 spiro atoms. The number of hydrogen-bond acceptors (Lipinski definition) is 6. The Labute approximate surface area is 154 Å². The summed E-state index contributed by atoms with van der Waals surface area (Å²) in [6, 6.07) is 13.2. The van der Waals surface area contributed by atoms with E-state index in [2.05, 4.69) is 18.7 Å². The number of ether oxygens (including phenoxy) is 3. The number of benzene rings is 2. The second kappa shape index (κ2) is 8.29. The van der Waals surface area contributed by atoms with Crippen molar-refractivity contribution < 1.29 is 14.2 Å². The van der Waals surface area contributed by atoms with Crippen LogP contribution in [0, 0.1) is 0 Å². The summed E-state index contributed by atoms with van der Waals surface area (Å²) in [6.07, 6.45) is 0.0803. The van der Waals surface area contributed by atoms with Crippen LogP contribution in [-0.4, -0.2) is 43.3 Å². The number of hydrogen-bond donors (Lipinski definition) is 2. The van der Waals surface area contributed by atoms with Crippen molar-refractivity contribution in [1.82, 2.24) is 4.90 Å². The average molecular weight is 357 g/mol. The van der Waals surface area contributed by atoms with E-state index < -0.39 is 0 Å². The number of anilines is 2. The van der Waals surface area contributed by atoms with Crippen molar-refractivity contribution in [3.05, 3.63) is 42.5 Å². The zero-order chi connectivity index (χ0) is 18.5. The van der Waals surface area contributed by atoms with Crippen molar-refractivity contribution in [2.24, 2.45) is 0 Å². The molecule has 4 N–H and O–H groups in total. The zero-order valence-corrected chi connectivity index (χ0v) is 15.4. The van der Waals surface area contributed by atoms with Crippen molar-refractivity contribution in [1.29, 1.82) is 0 Å². The lowest BCUT2D eigenvalue weighted by Gasteiger charge is -2.35. The highest BCUT2D eigenvalue weighted by Gasteiger charge is 2.23. The zero-order valence-electron chi connectivity index (χ0n) is 15.4. The quantitative estimate of drug-likeness (QED) is 0.773. The van der Waals surface area contributed by atoms with Gasteiger partial charge in [-0.05, 0) is 50.2 Å². The maximum Gasteiger partial charge on any atom is 0.129 e. The number of nitrogen functional groups attached to an aromatic ring is 2. The summed E-state index contributed by atoms with van der Waals surface area (Å²) in [5, 5.41) is 0. The topological polar surface area (TPSA) is 83.0 Å². The van der Waals surface area contributed by atoms with Crippen LogP contribution in [0.4, 0.5) is 11.4 Å². The van der Waals surface area contributed by atoms with Crippen LogP contribution in [0.3, 0.4) is 0 Å². The highest BCUT2D eigenvalue weighted by atomic mass is 16.5. The molecule has 0 aliphatic carbocycles. The van der Waals surface area contributed by atoms with Crippen LogP contribution in [0.15, 0.2) is 42.5 Å². The first-order valence-electron chi connectivity index (χ1n) is 8.94. The minimum atomic E-state index is 0.0803. The summed E-state index contributed by atoms with van der Waals surface area (Å²) in [5.74, 6) is 2.19. The van der Waals surface area contributed by atoms with Crippen LogP contribution in [-0.2, 0) is 4.74 Å². The fourth-order valence-corrected chi connectivity index (χ4v) is 2.93. The summed E-state index contributed by atoms with van der Waals surface area (Å²) in [6.45, 7) is 7.77. The van der Waals surface area contributed by atoms with Gasteiger partial charge in [0.05, 0.1) is 24.6 Å². The van der Waals surface area contributed by atoms with E-state index in [-0.39, 0.29) is 6.10 Å². The summed E-state index contributed by atoms with van der Waals surface area (Å²) < 4.78 is 17.3. The molecule has 2 atom stereocenters. The van der Waals surface area contributed by atoms with Gasteiger partial charge in [-0.3, -0.25) is 4.90 Å². The van der Waals surface area contributed by atoms with Crippen LogP contribution in [0.1, 0.15) is 13.8 Å². The second-order valence-corrected chi connectivity index (χ2v) is 6.58. The molecule has 0 radical (unpaired) electrons. The van der Waals surface area contributed by atoms with Gasteiger partial charge in [0.25, 0.3) is 0 Å². The van der Waals surface area contributed by atoms with Crippen LogP contribution >= 0.6 is 0 Å². The minimum absolute atomic E-state index is 0.0803. The molecule has 140 valence electrons. The van der Waals surface area contributed by atoms with Crippen LogP contribution in [0.25, 0.3) is 0 Å². The molecule has 2 aromatic carbocycles. The Morgan fingerprint density at radius 1 is 0.885 bits per heavy atom. The Bertz CT molecular complexity index is 715. The molecular weight excluding hydrogens is 330 g/mol. The van der Waals surface area contributed by atoms with Crippen LogP contribution in [0.2, 0.25) is 0 Å². The Hall–Kier alpha value is -2.44. The third-order valence-electron chi connectivity index (χ3n) is 4.74. The fraction of sp³-hybridized carbons (Fsp3) is 0.400. The fourth-order valence-electron chi connectivity index (χ4n) is 2.93. The molecule has 0 saturated carbocycles. The predicted octanol–water partition coefficient (Wildman–Crippen LogP) is 3.13. The van der Waals surface area contributed by atoms with E-state index in [0.717, 1.165) is 37.8 Å². The van der Waals surface area contributed by atoms with E-state index >= 15 is 0 Å². The summed E-state index contributed by atoms with van der Waals surface area (Å²) in [4.78, 5) is 2.40. The van der Waals surface area contributed by atoms with Crippen molar-refractivity contribution in [3.63, 3.8) is 0 Å². The standard InChI is InChI=1S/C20H27N3O3/c1-14(23-9-11-24-12-10-23)15(2)25-16-3-5-17(6-4-16)26-18-7-8-19(21)20(22)13-18/h3-8,13-15H,9-12,21-22H2,1-2H3. The molecule has 2 aromatic rings. The van der Waals surface area contributed by atoms with E-state index in [0.29, 0.717) is 23.2 Å². The molecule has 6 nitrogen and oxygen atoms in total. The number of nitrogens with two attached hydrogens (primary N) is 2.